The highest BCUT2D eigenvalue weighted by Crippen LogP contribution is 2.10. The quantitative estimate of drug-likeness (QED) is 0.801. The van der Waals surface area contributed by atoms with Crippen molar-refractivity contribution in [3.05, 3.63) is 28.5 Å². The average molecular weight is 344 g/mol. The highest BCUT2D eigenvalue weighted by Gasteiger charge is 2.13. The molecule has 0 saturated carbocycles. The highest BCUT2D eigenvalue weighted by atomic mass is 79.9. The number of nitrogens with one attached hydrogen (secondary N) is 2. The van der Waals surface area contributed by atoms with Crippen LogP contribution in [0.4, 0.5) is 4.79 Å². The van der Waals surface area contributed by atoms with Crippen LogP contribution in [0.25, 0.3) is 0 Å². The number of hydrogen-bond acceptors (Lipinski definition) is 5. The Labute approximate surface area is 124 Å². The zero-order chi connectivity index (χ0) is 15.1. The maximum atomic E-state index is 11.6. The summed E-state index contributed by atoms with van der Waals surface area (Å²) in [5, 5.41) is 4.51. The van der Waals surface area contributed by atoms with Crippen molar-refractivity contribution in [1.29, 1.82) is 0 Å². The molecule has 0 aliphatic heterocycles. The van der Waals surface area contributed by atoms with Crippen molar-refractivity contribution in [3.63, 3.8) is 0 Å². The molecule has 1 rings (SSSR count). The minimum absolute atomic E-state index is 0.0990. The van der Waals surface area contributed by atoms with Crippen LogP contribution in [0.1, 0.15) is 24.2 Å². The maximum absolute atomic E-state index is 11.6. The van der Waals surface area contributed by atoms with Crippen LogP contribution < -0.4 is 10.6 Å². The predicted molar refractivity (Wildman–Crippen MR) is 74.0 cm³/mol. The van der Waals surface area contributed by atoms with E-state index in [9.17, 15) is 14.4 Å². The topological polar surface area (TPSA) is 97.4 Å². The summed E-state index contributed by atoms with van der Waals surface area (Å²) >= 11 is 3.16. The van der Waals surface area contributed by atoms with Crippen molar-refractivity contribution in [2.24, 2.45) is 0 Å². The second-order valence-electron chi connectivity index (χ2n) is 4.14. The lowest BCUT2D eigenvalue weighted by Crippen LogP contribution is -2.44. The number of rotatable bonds is 4. The third-order valence-electron chi connectivity index (χ3n) is 1.95. The molecule has 108 valence electrons. The van der Waals surface area contributed by atoms with Gasteiger partial charge in [-0.1, -0.05) is 0 Å². The lowest BCUT2D eigenvalue weighted by molar-refractivity contribution is -0.123. The Bertz CT molecular complexity index is 519. The minimum Gasteiger partial charge on any atom is -0.452 e. The van der Waals surface area contributed by atoms with Gasteiger partial charge < -0.3 is 10.1 Å². The van der Waals surface area contributed by atoms with Crippen LogP contribution in [0, 0.1) is 0 Å². The average Bonchev–Trinajstić information content (AvgIpc) is 2.34. The van der Waals surface area contributed by atoms with E-state index in [-0.39, 0.29) is 11.6 Å². The van der Waals surface area contributed by atoms with E-state index in [0.717, 1.165) is 0 Å². The van der Waals surface area contributed by atoms with Gasteiger partial charge in [-0.25, -0.2) is 9.59 Å². The smallest absolute Gasteiger partial charge is 0.340 e. The molecule has 0 spiro atoms. The number of halogens is 1. The molecule has 0 saturated heterocycles. The molecule has 0 aliphatic carbocycles. The molecule has 0 aromatic carbocycles. The summed E-state index contributed by atoms with van der Waals surface area (Å²) in [6.07, 6.45) is 2.83. The Morgan fingerprint density at radius 2 is 2.05 bits per heavy atom. The minimum atomic E-state index is -0.709. The summed E-state index contributed by atoms with van der Waals surface area (Å²) in [4.78, 5) is 38.0. The summed E-state index contributed by atoms with van der Waals surface area (Å²) in [7, 11) is 0. The van der Waals surface area contributed by atoms with E-state index in [0.29, 0.717) is 4.47 Å². The van der Waals surface area contributed by atoms with Gasteiger partial charge in [-0.05, 0) is 35.8 Å². The van der Waals surface area contributed by atoms with Crippen LogP contribution >= 0.6 is 15.9 Å². The molecule has 2 N–H and O–H groups in total. The Morgan fingerprint density at radius 1 is 1.35 bits per heavy atom. The number of amides is 3. The molecule has 8 heteroatoms. The van der Waals surface area contributed by atoms with Crippen molar-refractivity contribution in [3.8, 4) is 0 Å². The summed E-state index contributed by atoms with van der Waals surface area (Å²) in [6, 6.07) is 0.780. The van der Waals surface area contributed by atoms with Gasteiger partial charge in [-0.15, -0.1) is 0 Å². The Hall–Kier alpha value is -1.96. The molecule has 1 aromatic rings. The first-order valence-corrected chi connectivity index (χ1v) is 6.56. The van der Waals surface area contributed by atoms with Gasteiger partial charge in [0.1, 0.15) is 0 Å². The molecule has 20 heavy (non-hydrogen) atoms. The fraction of sp³-hybridized carbons (Fsp3) is 0.333. The Morgan fingerprint density at radius 3 is 2.65 bits per heavy atom. The van der Waals surface area contributed by atoms with E-state index < -0.39 is 24.5 Å². The van der Waals surface area contributed by atoms with Crippen molar-refractivity contribution < 1.29 is 19.1 Å². The lowest BCUT2D eigenvalue weighted by atomic mass is 10.3. The third-order valence-corrected chi connectivity index (χ3v) is 2.38. The summed E-state index contributed by atoms with van der Waals surface area (Å²) in [5.41, 5.74) is 0.207. The number of aromatic nitrogens is 1. The van der Waals surface area contributed by atoms with E-state index in [1.165, 1.54) is 18.5 Å². The van der Waals surface area contributed by atoms with Crippen molar-refractivity contribution >= 4 is 33.8 Å². The number of carbonyl (C=O) groups is 3. The summed E-state index contributed by atoms with van der Waals surface area (Å²) in [6.45, 7) is 2.96. The number of urea groups is 1. The molecule has 1 aromatic heterocycles. The van der Waals surface area contributed by atoms with Crippen LogP contribution in [0.3, 0.4) is 0 Å². The number of imide groups is 1. The van der Waals surface area contributed by atoms with E-state index in [1.807, 2.05) is 5.32 Å². The van der Waals surface area contributed by atoms with Gasteiger partial charge in [0.25, 0.3) is 5.91 Å². The number of nitrogens with zero attached hydrogens (tertiary/aromatic N) is 1. The molecule has 0 atom stereocenters. The normalized spacial score (nSPS) is 10.0. The van der Waals surface area contributed by atoms with E-state index >= 15 is 0 Å². The van der Waals surface area contributed by atoms with Crippen LogP contribution in [0.2, 0.25) is 0 Å². The van der Waals surface area contributed by atoms with Gasteiger partial charge in [-0.2, -0.15) is 0 Å². The molecule has 0 bridgehead atoms. The molecule has 0 unspecified atom stereocenters. The zero-order valence-corrected chi connectivity index (χ0v) is 12.6. The zero-order valence-electron chi connectivity index (χ0n) is 11.0. The van der Waals surface area contributed by atoms with Crippen LogP contribution in [0.15, 0.2) is 22.9 Å². The van der Waals surface area contributed by atoms with Crippen molar-refractivity contribution in [2.75, 3.05) is 6.61 Å². The SMILES string of the molecule is CC(C)NC(=O)NC(=O)COC(=O)c1cncc(Br)c1. The van der Waals surface area contributed by atoms with Crippen LogP contribution in [0.5, 0.6) is 0 Å². The molecule has 3 amide bonds. The fourth-order valence-corrected chi connectivity index (χ4v) is 1.56. The predicted octanol–water partition coefficient (Wildman–Crippen LogP) is 1.24. The van der Waals surface area contributed by atoms with Crippen molar-refractivity contribution in [1.82, 2.24) is 15.6 Å². The molecule has 0 radical (unpaired) electrons. The van der Waals surface area contributed by atoms with Gasteiger partial charge in [0.15, 0.2) is 6.61 Å². The first kappa shape index (κ1) is 16.1. The third kappa shape index (κ3) is 5.79. The fourth-order valence-electron chi connectivity index (χ4n) is 1.20. The van der Waals surface area contributed by atoms with Gasteiger partial charge in [0.05, 0.1) is 5.56 Å². The van der Waals surface area contributed by atoms with Gasteiger partial charge in [0.2, 0.25) is 0 Å². The first-order chi connectivity index (χ1) is 9.38. The standard InChI is InChI=1S/C12H14BrN3O4/c1-7(2)15-12(19)16-10(17)6-20-11(18)8-3-9(13)5-14-4-8/h3-5,7H,6H2,1-2H3,(H2,15,16,17,19). The van der Waals surface area contributed by atoms with E-state index in [1.54, 1.807) is 13.8 Å². The summed E-state index contributed by atoms with van der Waals surface area (Å²) < 4.78 is 5.38. The molecular formula is C12H14BrN3O4. The molecular weight excluding hydrogens is 330 g/mol. The maximum Gasteiger partial charge on any atom is 0.340 e. The van der Waals surface area contributed by atoms with E-state index in [2.05, 4.69) is 26.2 Å². The number of carbonyl (C=O) groups excluding carboxylic acids is 3. The lowest BCUT2D eigenvalue weighted by Gasteiger charge is -2.09. The molecule has 0 aliphatic rings. The first-order valence-electron chi connectivity index (χ1n) is 5.76. The van der Waals surface area contributed by atoms with Crippen LogP contribution in [-0.2, 0) is 9.53 Å². The Balaban J connectivity index is 2.41. The van der Waals surface area contributed by atoms with Gasteiger partial charge >= 0.3 is 12.0 Å². The van der Waals surface area contributed by atoms with Gasteiger partial charge in [-0.3, -0.25) is 15.1 Å². The number of ether oxygens (including phenoxy) is 1. The van der Waals surface area contributed by atoms with Crippen molar-refractivity contribution in [2.45, 2.75) is 19.9 Å². The largest absolute Gasteiger partial charge is 0.452 e. The molecule has 1 heterocycles. The number of hydrogen-bond donors (Lipinski definition) is 2. The second-order valence-corrected chi connectivity index (χ2v) is 5.06. The highest BCUT2D eigenvalue weighted by molar-refractivity contribution is 9.10. The van der Waals surface area contributed by atoms with Crippen LogP contribution in [-0.4, -0.2) is 35.5 Å². The number of pyridine rings is 1. The Kier molecular flexibility index (Phi) is 6.10. The van der Waals surface area contributed by atoms with E-state index in [4.69, 9.17) is 4.74 Å². The summed E-state index contributed by atoms with van der Waals surface area (Å²) in [5.74, 6) is -1.40. The second kappa shape index (κ2) is 7.59. The molecule has 0 fully saturated rings. The molecule has 7 nitrogen and oxygen atoms in total. The number of esters is 1. The van der Waals surface area contributed by atoms with Gasteiger partial charge in [0, 0.05) is 22.9 Å². The monoisotopic (exact) mass is 343 g/mol.